The van der Waals surface area contributed by atoms with Gasteiger partial charge in [0.05, 0.1) is 0 Å². The van der Waals surface area contributed by atoms with Crippen LogP contribution in [0.4, 0.5) is 0 Å². The summed E-state index contributed by atoms with van der Waals surface area (Å²) in [7, 11) is 0. The van der Waals surface area contributed by atoms with Gasteiger partial charge in [0.25, 0.3) is 0 Å². The molecule has 0 rings (SSSR count). The Hall–Kier alpha value is -0.800. The minimum atomic E-state index is 0. The molecule has 0 amide bonds. The van der Waals surface area contributed by atoms with Gasteiger partial charge >= 0.3 is 51.4 Å². The zero-order valence-corrected chi connectivity index (χ0v) is 8.24. The average Bonchev–Trinajstić information content (AvgIpc) is 2.33. The Morgan fingerprint density at radius 3 is 0.357 bits per heavy atom. The van der Waals surface area contributed by atoms with E-state index in [0.29, 0.717) is 0 Å². The van der Waals surface area contributed by atoms with Crippen LogP contribution in [0.15, 0.2) is 0 Å². The van der Waals surface area contributed by atoms with Crippen LogP contribution < -0.4 is 0 Å². The van der Waals surface area contributed by atoms with Gasteiger partial charge in [-0.1, -0.05) is 0 Å². The molecule has 70 valence electrons. The van der Waals surface area contributed by atoms with Gasteiger partial charge < -0.3 is 0 Å². The molecular formula is C6H7KN6Ru. The SMILES string of the molecule is C#N.C#N.C#N.C#N.C#N.C#N.[KH].[Ru]. The maximum Gasteiger partial charge on any atom is 0 e. The second-order valence-corrected chi connectivity index (χ2v) is 0. The molecule has 0 N–H and O–H groups in total. The van der Waals surface area contributed by atoms with Crippen molar-refractivity contribution in [3.63, 3.8) is 0 Å². The maximum absolute atomic E-state index is 6.50. The van der Waals surface area contributed by atoms with Crippen LogP contribution in [-0.4, -0.2) is 51.4 Å². The van der Waals surface area contributed by atoms with E-state index in [1.807, 2.05) is 0 Å². The Labute approximate surface area is 140 Å². The molecule has 0 bridgehead atoms. The summed E-state index contributed by atoms with van der Waals surface area (Å²) in [5.41, 5.74) is 0. The van der Waals surface area contributed by atoms with Crippen LogP contribution >= 0.6 is 0 Å². The summed E-state index contributed by atoms with van der Waals surface area (Å²) < 4.78 is 0. The first-order valence-electron chi connectivity index (χ1n) is 1.55. The van der Waals surface area contributed by atoms with Crippen molar-refractivity contribution < 1.29 is 19.5 Å². The van der Waals surface area contributed by atoms with Crippen LogP contribution in [0.2, 0.25) is 0 Å². The number of hydrogen-bond acceptors (Lipinski definition) is 6. The predicted molar refractivity (Wildman–Crippen MR) is 47.2 cm³/mol. The minimum absolute atomic E-state index is 0. The van der Waals surface area contributed by atoms with Crippen molar-refractivity contribution in [3.8, 4) is 39.4 Å². The minimum Gasteiger partial charge on any atom is 0 e. The third-order valence-electron chi connectivity index (χ3n) is 0. The summed E-state index contributed by atoms with van der Waals surface area (Å²) in [5.74, 6) is 0. The smallest absolute Gasteiger partial charge is 0 e. The first-order valence-corrected chi connectivity index (χ1v) is 1.55. The first kappa shape index (κ1) is 72.7. The zero-order valence-electron chi connectivity index (χ0n) is 6.50. The molecule has 8 heteroatoms. The molecule has 0 atom stereocenters. The van der Waals surface area contributed by atoms with Crippen molar-refractivity contribution in [3.05, 3.63) is 0 Å². The van der Waals surface area contributed by atoms with Gasteiger partial charge in [-0.15, -0.1) is 0 Å². The molecule has 0 saturated heterocycles. The van der Waals surface area contributed by atoms with Gasteiger partial charge in [-0.25, -0.2) is 31.6 Å². The van der Waals surface area contributed by atoms with Gasteiger partial charge in [-0.05, 0) is 0 Å². The van der Waals surface area contributed by atoms with Crippen molar-refractivity contribution >= 4 is 51.4 Å². The quantitative estimate of drug-likeness (QED) is 0.584. The molecule has 0 saturated carbocycles. The third kappa shape index (κ3) is 1820. The van der Waals surface area contributed by atoms with E-state index in [9.17, 15) is 0 Å². The van der Waals surface area contributed by atoms with Crippen molar-refractivity contribution in [2.45, 2.75) is 0 Å². The van der Waals surface area contributed by atoms with Gasteiger partial charge in [0, 0.05) is 58.9 Å². The van der Waals surface area contributed by atoms with Crippen molar-refractivity contribution in [1.29, 1.82) is 31.6 Å². The number of hydrogen-bond donors (Lipinski definition) is 0. The fraction of sp³-hybridized carbons (Fsp3) is 0. The topological polar surface area (TPSA) is 143 Å². The van der Waals surface area contributed by atoms with Crippen LogP contribution in [0.25, 0.3) is 0 Å². The first-order chi connectivity index (χ1) is 6.00. The Kier molecular flexibility index (Phi) is 12400. The number of nitrogens with zero attached hydrogens (tertiary/aromatic N) is 6. The number of rotatable bonds is 0. The Bertz CT molecular complexity index is 97.3. The van der Waals surface area contributed by atoms with E-state index < -0.39 is 0 Å². The molecule has 0 aromatic rings. The van der Waals surface area contributed by atoms with Gasteiger partial charge in [0.1, 0.15) is 0 Å². The molecule has 0 aromatic carbocycles. The van der Waals surface area contributed by atoms with Crippen LogP contribution in [0.3, 0.4) is 0 Å². The van der Waals surface area contributed by atoms with E-state index >= 15 is 0 Å². The van der Waals surface area contributed by atoms with E-state index in [-0.39, 0.29) is 70.9 Å². The summed E-state index contributed by atoms with van der Waals surface area (Å²) in [5, 5.41) is 39.0. The normalized spacial score (nSPS) is 0.857. The summed E-state index contributed by atoms with van der Waals surface area (Å²) >= 11 is 0. The molecule has 0 unspecified atom stereocenters. The average molecular weight is 303 g/mol. The number of nitriles is 6. The molecule has 14 heavy (non-hydrogen) atoms. The van der Waals surface area contributed by atoms with Gasteiger partial charge in [-0.3, -0.25) is 0 Å². The molecule has 0 fully saturated rings. The largest absolute Gasteiger partial charge is 0 e. The molecule has 6 nitrogen and oxygen atoms in total. The Morgan fingerprint density at radius 2 is 0.357 bits per heavy atom. The molecule has 0 heterocycles. The van der Waals surface area contributed by atoms with Gasteiger partial charge in [0.2, 0.25) is 0 Å². The molecular weight excluding hydrogens is 296 g/mol. The van der Waals surface area contributed by atoms with Crippen molar-refractivity contribution in [2.75, 3.05) is 0 Å². The Morgan fingerprint density at radius 1 is 0.357 bits per heavy atom. The molecule has 0 aliphatic heterocycles. The van der Waals surface area contributed by atoms with Crippen LogP contribution in [0.5, 0.6) is 0 Å². The molecule has 0 aliphatic carbocycles. The predicted octanol–water partition coefficient (Wildman–Crippen LogP) is 0.188. The van der Waals surface area contributed by atoms with Gasteiger partial charge in [-0.2, -0.15) is 0 Å². The fourth-order valence-corrected chi connectivity index (χ4v) is 0. The molecule has 0 aliphatic rings. The Balaban J connectivity index is -0.00000000500. The van der Waals surface area contributed by atoms with E-state index in [1.54, 1.807) is 0 Å². The summed E-state index contributed by atoms with van der Waals surface area (Å²) in [4.78, 5) is 0. The maximum atomic E-state index is 6.50. The van der Waals surface area contributed by atoms with Gasteiger partial charge in [0.15, 0.2) is 0 Å². The fourth-order valence-electron chi connectivity index (χ4n) is 0. The van der Waals surface area contributed by atoms with Crippen LogP contribution in [0.1, 0.15) is 0 Å². The molecule has 0 radical (unpaired) electrons. The van der Waals surface area contributed by atoms with E-state index in [1.165, 1.54) is 0 Å². The summed E-state index contributed by atoms with van der Waals surface area (Å²) in [6.07, 6.45) is 0. The van der Waals surface area contributed by atoms with Crippen molar-refractivity contribution in [2.24, 2.45) is 0 Å². The van der Waals surface area contributed by atoms with Crippen LogP contribution in [0, 0.1) is 71.0 Å². The van der Waals surface area contributed by atoms with Crippen LogP contribution in [-0.2, 0) is 19.5 Å². The third-order valence-corrected chi connectivity index (χ3v) is 0. The summed E-state index contributed by atoms with van der Waals surface area (Å²) in [6.45, 7) is 21.0. The zero-order chi connectivity index (χ0) is 12.0. The van der Waals surface area contributed by atoms with E-state index in [4.69, 9.17) is 31.6 Å². The standard InChI is InChI=1S/6CHN.K.Ru.H/c6*1-2;;;/h6*1H;;;. The molecule has 0 aromatic heterocycles. The second-order valence-electron chi connectivity index (χ2n) is 0. The van der Waals surface area contributed by atoms with Crippen molar-refractivity contribution in [1.82, 2.24) is 0 Å². The molecule has 0 spiro atoms. The van der Waals surface area contributed by atoms with E-state index in [2.05, 4.69) is 39.4 Å². The monoisotopic (exact) mass is 304 g/mol. The second kappa shape index (κ2) is 2390. The van der Waals surface area contributed by atoms with E-state index in [0.717, 1.165) is 0 Å². The summed E-state index contributed by atoms with van der Waals surface area (Å²) in [6, 6.07) is 0.